The summed E-state index contributed by atoms with van der Waals surface area (Å²) in [5, 5.41) is 8.28. The highest BCUT2D eigenvalue weighted by molar-refractivity contribution is 7.07. The Hall–Kier alpha value is -0.340. The molecule has 0 spiro atoms. The Morgan fingerprint density at radius 2 is 2.24 bits per heavy atom. The van der Waals surface area contributed by atoms with Crippen molar-refractivity contribution in [1.82, 2.24) is 5.32 Å². The summed E-state index contributed by atoms with van der Waals surface area (Å²) in [4.78, 5) is 0. The molecule has 1 aliphatic carbocycles. The van der Waals surface area contributed by atoms with Crippen molar-refractivity contribution >= 4 is 11.3 Å². The Balaban J connectivity index is 1.82. The van der Waals surface area contributed by atoms with Gasteiger partial charge in [0, 0.05) is 12.1 Å². The van der Waals surface area contributed by atoms with Crippen LogP contribution in [-0.2, 0) is 6.42 Å². The molecular formula is C15H25NS. The van der Waals surface area contributed by atoms with Gasteiger partial charge in [-0.3, -0.25) is 0 Å². The molecule has 1 saturated carbocycles. The van der Waals surface area contributed by atoms with Crippen molar-refractivity contribution in [2.45, 2.75) is 58.5 Å². The van der Waals surface area contributed by atoms with Crippen molar-refractivity contribution in [3.8, 4) is 0 Å². The maximum Gasteiger partial charge on any atom is 0.00978 e. The lowest BCUT2D eigenvalue weighted by atomic mass is 9.79. The normalized spacial score (nSPS) is 31.4. The van der Waals surface area contributed by atoms with Gasteiger partial charge in [-0.05, 0) is 60.4 Å². The van der Waals surface area contributed by atoms with Crippen molar-refractivity contribution in [3.63, 3.8) is 0 Å². The Kier molecular flexibility index (Phi) is 4.63. The molecule has 0 radical (unpaired) electrons. The van der Waals surface area contributed by atoms with Crippen molar-refractivity contribution in [2.75, 3.05) is 0 Å². The molecule has 0 amide bonds. The van der Waals surface area contributed by atoms with E-state index in [2.05, 4.69) is 42.9 Å². The van der Waals surface area contributed by atoms with Crippen LogP contribution in [0.1, 0.15) is 45.6 Å². The van der Waals surface area contributed by atoms with Gasteiger partial charge in [-0.25, -0.2) is 0 Å². The van der Waals surface area contributed by atoms with E-state index in [4.69, 9.17) is 0 Å². The van der Waals surface area contributed by atoms with E-state index >= 15 is 0 Å². The lowest BCUT2D eigenvalue weighted by Crippen LogP contribution is -2.44. The fraction of sp³-hybridized carbons (Fsp3) is 0.733. The molecule has 0 aliphatic heterocycles. The minimum atomic E-state index is 0.599. The van der Waals surface area contributed by atoms with E-state index in [9.17, 15) is 0 Å². The first-order chi connectivity index (χ1) is 8.15. The van der Waals surface area contributed by atoms with Crippen molar-refractivity contribution < 1.29 is 0 Å². The third kappa shape index (κ3) is 3.82. The van der Waals surface area contributed by atoms with Crippen LogP contribution in [0.5, 0.6) is 0 Å². The van der Waals surface area contributed by atoms with Gasteiger partial charge in [-0.2, -0.15) is 11.3 Å². The van der Waals surface area contributed by atoms with E-state index in [1.165, 1.54) is 31.2 Å². The molecule has 4 atom stereocenters. The molecule has 1 aliphatic rings. The molecule has 1 fully saturated rings. The summed E-state index contributed by atoms with van der Waals surface area (Å²) in [6, 6.07) is 3.57. The van der Waals surface area contributed by atoms with Crippen LogP contribution in [0.3, 0.4) is 0 Å². The molecule has 1 aromatic rings. The molecule has 1 N–H and O–H groups in total. The maximum atomic E-state index is 3.84. The summed E-state index contributed by atoms with van der Waals surface area (Å²) in [6.07, 6.45) is 5.33. The highest BCUT2D eigenvalue weighted by Gasteiger charge is 2.26. The van der Waals surface area contributed by atoms with Crippen LogP contribution in [0.25, 0.3) is 0 Å². The zero-order valence-electron chi connectivity index (χ0n) is 11.3. The SMILES string of the molecule is CC1CCC(C)C(NC(C)Cc2ccsc2)C1. The van der Waals surface area contributed by atoms with Crippen LogP contribution in [-0.4, -0.2) is 12.1 Å². The second-order valence-electron chi connectivity index (χ2n) is 5.91. The van der Waals surface area contributed by atoms with Crippen molar-refractivity contribution in [3.05, 3.63) is 22.4 Å². The van der Waals surface area contributed by atoms with Gasteiger partial charge in [0.15, 0.2) is 0 Å². The topological polar surface area (TPSA) is 12.0 Å². The first-order valence-electron chi connectivity index (χ1n) is 6.92. The van der Waals surface area contributed by atoms with Crippen molar-refractivity contribution in [1.29, 1.82) is 0 Å². The summed E-state index contributed by atoms with van der Waals surface area (Å²) in [5.41, 5.74) is 1.48. The quantitative estimate of drug-likeness (QED) is 0.850. The minimum Gasteiger partial charge on any atom is -0.311 e. The summed E-state index contributed by atoms with van der Waals surface area (Å²) in [7, 11) is 0. The van der Waals surface area contributed by atoms with E-state index in [-0.39, 0.29) is 0 Å². The Morgan fingerprint density at radius 3 is 2.94 bits per heavy atom. The molecule has 4 unspecified atom stereocenters. The molecular weight excluding hydrogens is 226 g/mol. The highest BCUT2D eigenvalue weighted by Crippen LogP contribution is 2.28. The molecule has 1 nitrogen and oxygen atoms in total. The lowest BCUT2D eigenvalue weighted by molar-refractivity contribution is 0.215. The molecule has 0 bridgehead atoms. The van der Waals surface area contributed by atoms with Gasteiger partial charge in [-0.15, -0.1) is 0 Å². The first kappa shape index (κ1) is 13.1. The molecule has 2 rings (SSSR count). The maximum absolute atomic E-state index is 3.84. The van der Waals surface area contributed by atoms with Gasteiger partial charge < -0.3 is 5.32 Å². The summed E-state index contributed by atoms with van der Waals surface area (Å²) < 4.78 is 0. The van der Waals surface area contributed by atoms with E-state index in [0.29, 0.717) is 6.04 Å². The standard InChI is InChI=1S/C15H25NS/c1-11-4-5-12(2)15(8-11)16-13(3)9-14-6-7-17-10-14/h6-7,10-13,15-16H,4-5,8-9H2,1-3H3. The fourth-order valence-electron chi connectivity index (χ4n) is 2.95. The summed E-state index contributed by atoms with van der Waals surface area (Å²) in [6.45, 7) is 7.12. The predicted octanol–water partition coefficient (Wildman–Crippen LogP) is 4.09. The van der Waals surface area contributed by atoms with Crippen LogP contribution in [0.15, 0.2) is 16.8 Å². The summed E-state index contributed by atoms with van der Waals surface area (Å²) >= 11 is 1.80. The number of nitrogens with one attached hydrogen (secondary N) is 1. The third-order valence-corrected chi connectivity index (χ3v) is 4.81. The number of hydrogen-bond donors (Lipinski definition) is 1. The van der Waals surface area contributed by atoms with Gasteiger partial charge in [0.1, 0.15) is 0 Å². The fourth-order valence-corrected chi connectivity index (χ4v) is 3.63. The number of rotatable bonds is 4. The van der Waals surface area contributed by atoms with Crippen LogP contribution < -0.4 is 5.32 Å². The molecule has 0 aromatic carbocycles. The third-order valence-electron chi connectivity index (χ3n) is 4.08. The number of thiophene rings is 1. The van der Waals surface area contributed by atoms with Crippen molar-refractivity contribution in [2.24, 2.45) is 11.8 Å². The lowest BCUT2D eigenvalue weighted by Gasteiger charge is -2.35. The molecule has 0 saturated heterocycles. The van der Waals surface area contributed by atoms with Gasteiger partial charge in [-0.1, -0.05) is 20.3 Å². The van der Waals surface area contributed by atoms with Crippen LogP contribution in [0, 0.1) is 11.8 Å². The van der Waals surface area contributed by atoms with E-state index < -0.39 is 0 Å². The smallest absolute Gasteiger partial charge is 0.00978 e. The molecule has 2 heteroatoms. The molecule has 96 valence electrons. The average molecular weight is 251 g/mol. The average Bonchev–Trinajstić information content (AvgIpc) is 2.76. The summed E-state index contributed by atoms with van der Waals surface area (Å²) in [5.74, 6) is 1.74. The second-order valence-corrected chi connectivity index (χ2v) is 6.69. The number of hydrogen-bond acceptors (Lipinski definition) is 2. The van der Waals surface area contributed by atoms with E-state index in [1.54, 1.807) is 11.3 Å². The van der Waals surface area contributed by atoms with Crippen LogP contribution in [0.4, 0.5) is 0 Å². The van der Waals surface area contributed by atoms with E-state index in [0.717, 1.165) is 17.9 Å². The molecule has 17 heavy (non-hydrogen) atoms. The van der Waals surface area contributed by atoms with Gasteiger partial charge in [0.2, 0.25) is 0 Å². The largest absolute Gasteiger partial charge is 0.311 e. The van der Waals surface area contributed by atoms with Gasteiger partial charge in [0.25, 0.3) is 0 Å². The molecule has 1 aromatic heterocycles. The zero-order chi connectivity index (χ0) is 12.3. The highest BCUT2D eigenvalue weighted by atomic mass is 32.1. The Bertz CT molecular complexity index is 320. The Morgan fingerprint density at radius 1 is 1.41 bits per heavy atom. The van der Waals surface area contributed by atoms with Crippen LogP contribution in [0.2, 0.25) is 0 Å². The van der Waals surface area contributed by atoms with E-state index in [1.807, 2.05) is 0 Å². The predicted molar refractivity (Wildman–Crippen MR) is 76.6 cm³/mol. The zero-order valence-corrected chi connectivity index (χ0v) is 12.1. The first-order valence-corrected chi connectivity index (χ1v) is 7.86. The molecule has 1 heterocycles. The van der Waals surface area contributed by atoms with Gasteiger partial charge >= 0.3 is 0 Å². The monoisotopic (exact) mass is 251 g/mol. The minimum absolute atomic E-state index is 0.599. The Labute approximate surface area is 110 Å². The van der Waals surface area contributed by atoms with Crippen LogP contribution >= 0.6 is 11.3 Å². The second kappa shape index (κ2) is 6.01. The van der Waals surface area contributed by atoms with Gasteiger partial charge in [0.05, 0.1) is 0 Å².